The maximum Gasteiger partial charge on any atom is 0.176 e. The van der Waals surface area contributed by atoms with Crippen LogP contribution in [0.4, 0.5) is 4.39 Å². The fraction of sp³-hybridized carbons (Fsp3) is 0.176. The molecule has 0 radical (unpaired) electrons. The first-order valence-electron chi connectivity index (χ1n) is 6.94. The number of halogens is 1. The highest BCUT2D eigenvalue weighted by Gasteiger charge is 2.15. The van der Waals surface area contributed by atoms with Crippen LogP contribution in [0.5, 0.6) is 0 Å². The lowest BCUT2D eigenvalue weighted by molar-refractivity contribution is 0.601. The summed E-state index contributed by atoms with van der Waals surface area (Å²) in [5.74, 6) is -0.525. The van der Waals surface area contributed by atoms with Gasteiger partial charge in [0.2, 0.25) is 0 Å². The third-order valence-corrected chi connectivity index (χ3v) is 4.63. The Morgan fingerprint density at radius 1 is 1.17 bits per heavy atom. The Bertz CT molecular complexity index is 972. The van der Waals surface area contributed by atoms with E-state index in [1.54, 1.807) is 12.1 Å². The number of rotatable bonds is 4. The lowest BCUT2D eigenvalue weighted by atomic mass is 10.00. The van der Waals surface area contributed by atoms with E-state index < -0.39 is 21.7 Å². The molecule has 0 aliphatic heterocycles. The number of hydrogen-bond acceptors (Lipinski definition) is 5. The molecule has 5 nitrogen and oxygen atoms in total. The molecule has 0 spiro atoms. The van der Waals surface area contributed by atoms with Crippen molar-refractivity contribution in [2.45, 2.75) is 17.4 Å². The highest BCUT2D eigenvalue weighted by molar-refractivity contribution is 7.90. The van der Waals surface area contributed by atoms with Crippen molar-refractivity contribution in [1.29, 1.82) is 10.5 Å². The lowest BCUT2D eigenvalue weighted by Crippen LogP contribution is -2.20. The van der Waals surface area contributed by atoms with Gasteiger partial charge in [0.15, 0.2) is 9.84 Å². The summed E-state index contributed by atoms with van der Waals surface area (Å²) >= 11 is 0. The molecule has 0 bridgehead atoms. The van der Waals surface area contributed by atoms with Gasteiger partial charge in [-0.05, 0) is 34.9 Å². The maximum atomic E-state index is 14.2. The molecule has 0 saturated carbocycles. The van der Waals surface area contributed by atoms with Crippen LogP contribution in [0.3, 0.4) is 0 Å². The van der Waals surface area contributed by atoms with Crippen LogP contribution in [0, 0.1) is 28.5 Å². The van der Waals surface area contributed by atoms with Crippen LogP contribution >= 0.6 is 0 Å². The molecule has 0 unspecified atom stereocenters. The Labute approximate surface area is 139 Å². The summed E-state index contributed by atoms with van der Waals surface area (Å²) < 4.78 is 37.8. The van der Waals surface area contributed by atoms with Gasteiger partial charge in [-0.3, -0.25) is 0 Å². The molecule has 2 aromatic carbocycles. The Balaban J connectivity index is 2.49. The molecule has 0 heterocycles. The van der Waals surface area contributed by atoms with E-state index in [2.05, 4.69) is 0 Å². The van der Waals surface area contributed by atoms with Crippen LogP contribution in [0.25, 0.3) is 11.1 Å². The van der Waals surface area contributed by atoms with Gasteiger partial charge < -0.3 is 5.73 Å². The molecule has 2 N–H and O–H groups in total. The number of hydrogen-bond donors (Lipinski definition) is 1. The fourth-order valence-electron chi connectivity index (χ4n) is 2.28. The molecule has 1 atom stereocenters. The molecular formula is C17H14FN3O2S. The highest BCUT2D eigenvalue weighted by Crippen LogP contribution is 2.27. The van der Waals surface area contributed by atoms with E-state index in [1.807, 2.05) is 12.1 Å². The van der Waals surface area contributed by atoms with E-state index in [1.165, 1.54) is 24.3 Å². The largest absolute Gasteiger partial charge is 0.316 e. The zero-order chi connectivity index (χ0) is 17.9. The second-order valence-corrected chi connectivity index (χ2v) is 7.32. The van der Waals surface area contributed by atoms with Crippen LogP contribution in [0.1, 0.15) is 11.1 Å². The Morgan fingerprint density at radius 3 is 2.33 bits per heavy atom. The first kappa shape index (κ1) is 17.6. The van der Waals surface area contributed by atoms with Gasteiger partial charge in [-0.25, -0.2) is 12.8 Å². The molecule has 0 aromatic heterocycles. The molecule has 0 amide bonds. The average Bonchev–Trinajstić information content (AvgIpc) is 2.55. The van der Waals surface area contributed by atoms with Crippen molar-refractivity contribution in [2.75, 3.05) is 6.26 Å². The van der Waals surface area contributed by atoms with E-state index in [9.17, 15) is 12.8 Å². The SMILES string of the molecule is CS(=O)(=O)c1cc(-c2ccc(C[C@H](N)C#N)c(F)c2)ccc1C#N. The summed E-state index contributed by atoms with van der Waals surface area (Å²) in [6, 6.07) is 11.6. The molecule has 0 fully saturated rings. The van der Waals surface area contributed by atoms with Gasteiger partial charge in [0.05, 0.1) is 22.6 Å². The van der Waals surface area contributed by atoms with Crippen molar-refractivity contribution < 1.29 is 12.8 Å². The first-order valence-corrected chi connectivity index (χ1v) is 8.83. The van der Waals surface area contributed by atoms with Crippen molar-refractivity contribution in [3.8, 4) is 23.3 Å². The summed E-state index contributed by atoms with van der Waals surface area (Å²) in [5.41, 5.74) is 6.79. The van der Waals surface area contributed by atoms with Crippen molar-refractivity contribution in [1.82, 2.24) is 0 Å². The van der Waals surface area contributed by atoms with Gasteiger partial charge in [-0.1, -0.05) is 18.2 Å². The van der Waals surface area contributed by atoms with Crippen molar-refractivity contribution >= 4 is 9.84 Å². The number of sulfone groups is 1. The van der Waals surface area contributed by atoms with Crippen molar-refractivity contribution in [2.24, 2.45) is 5.73 Å². The predicted octanol–water partition coefficient (Wildman–Crippen LogP) is 2.16. The Hall–Kier alpha value is -2.74. The summed E-state index contributed by atoms with van der Waals surface area (Å²) in [5, 5.41) is 17.7. The van der Waals surface area contributed by atoms with E-state index in [-0.39, 0.29) is 16.9 Å². The normalized spacial score (nSPS) is 12.2. The zero-order valence-electron chi connectivity index (χ0n) is 12.8. The molecule has 122 valence electrons. The Morgan fingerprint density at radius 2 is 1.79 bits per heavy atom. The summed E-state index contributed by atoms with van der Waals surface area (Å²) in [6.07, 6.45) is 1.10. The third kappa shape index (κ3) is 3.77. The smallest absolute Gasteiger partial charge is 0.176 e. The number of nitrogens with two attached hydrogens (primary N) is 1. The Kier molecular flexibility index (Phi) is 4.99. The molecule has 0 saturated heterocycles. The van der Waals surface area contributed by atoms with Crippen molar-refractivity contribution in [3.63, 3.8) is 0 Å². The first-order chi connectivity index (χ1) is 11.3. The average molecular weight is 343 g/mol. The zero-order valence-corrected chi connectivity index (χ0v) is 13.6. The molecule has 0 aliphatic rings. The number of nitriles is 2. The number of nitrogens with zero attached hydrogens (tertiary/aromatic N) is 2. The van der Waals surface area contributed by atoms with Gasteiger partial charge >= 0.3 is 0 Å². The summed E-state index contributed by atoms with van der Waals surface area (Å²) in [6.45, 7) is 0. The lowest BCUT2D eigenvalue weighted by Gasteiger charge is -2.09. The van der Waals surface area contributed by atoms with E-state index in [0.29, 0.717) is 16.7 Å². The van der Waals surface area contributed by atoms with E-state index in [4.69, 9.17) is 16.3 Å². The molecule has 24 heavy (non-hydrogen) atoms. The van der Waals surface area contributed by atoms with Crippen LogP contribution in [-0.4, -0.2) is 20.7 Å². The van der Waals surface area contributed by atoms with Gasteiger partial charge in [0.25, 0.3) is 0 Å². The quantitative estimate of drug-likeness (QED) is 0.915. The number of benzene rings is 2. The fourth-order valence-corrected chi connectivity index (χ4v) is 3.13. The molecule has 7 heteroatoms. The maximum absolute atomic E-state index is 14.2. The minimum absolute atomic E-state index is 0.0401. The molecular weight excluding hydrogens is 329 g/mol. The van der Waals surface area contributed by atoms with E-state index >= 15 is 0 Å². The van der Waals surface area contributed by atoms with Crippen LogP contribution < -0.4 is 5.73 Å². The highest BCUT2D eigenvalue weighted by atomic mass is 32.2. The monoisotopic (exact) mass is 343 g/mol. The molecule has 0 aliphatic carbocycles. The van der Waals surface area contributed by atoms with Crippen LogP contribution in [-0.2, 0) is 16.3 Å². The van der Waals surface area contributed by atoms with Gasteiger partial charge in [-0.15, -0.1) is 0 Å². The summed E-state index contributed by atoms with van der Waals surface area (Å²) in [7, 11) is -3.58. The molecule has 2 rings (SSSR count). The second-order valence-electron chi connectivity index (χ2n) is 5.34. The second kappa shape index (κ2) is 6.79. The van der Waals surface area contributed by atoms with Gasteiger partial charge in [0.1, 0.15) is 11.9 Å². The summed E-state index contributed by atoms with van der Waals surface area (Å²) in [4.78, 5) is -0.0986. The van der Waals surface area contributed by atoms with Gasteiger partial charge in [0, 0.05) is 12.7 Å². The topological polar surface area (TPSA) is 108 Å². The minimum atomic E-state index is -3.58. The standard InChI is InChI=1S/C17H14FN3O2S/c1-24(22,23)17-8-12(3-5-14(17)9-19)11-2-4-13(16(18)7-11)6-15(21)10-20/h2-5,7-8,15H,6,21H2,1H3/t15-/m0/s1. The molecule has 2 aromatic rings. The minimum Gasteiger partial charge on any atom is -0.316 e. The van der Waals surface area contributed by atoms with E-state index in [0.717, 1.165) is 6.26 Å². The van der Waals surface area contributed by atoms with Crippen LogP contribution in [0.15, 0.2) is 41.3 Å². The third-order valence-electron chi connectivity index (χ3n) is 3.49. The predicted molar refractivity (Wildman–Crippen MR) is 87.0 cm³/mol. The van der Waals surface area contributed by atoms with Crippen LogP contribution in [0.2, 0.25) is 0 Å². The van der Waals surface area contributed by atoms with Gasteiger partial charge in [-0.2, -0.15) is 10.5 Å². The van der Waals surface area contributed by atoms with Crippen molar-refractivity contribution in [3.05, 3.63) is 53.3 Å².